The Morgan fingerprint density at radius 1 is 0.875 bits per heavy atom. The van der Waals surface area contributed by atoms with Gasteiger partial charge in [-0.25, -0.2) is 9.97 Å². The summed E-state index contributed by atoms with van der Waals surface area (Å²) in [6.07, 6.45) is 19.2. The van der Waals surface area contributed by atoms with Gasteiger partial charge < -0.3 is 4.74 Å². The molecule has 1 saturated carbocycles. The van der Waals surface area contributed by atoms with Crippen LogP contribution in [0.25, 0.3) is 11.4 Å². The Bertz CT molecular complexity index is 793. The summed E-state index contributed by atoms with van der Waals surface area (Å²) < 4.78 is 5.28. The van der Waals surface area contributed by atoms with E-state index in [1.54, 1.807) is 12.4 Å². The van der Waals surface area contributed by atoms with Crippen LogP contribution in [0.15, 0.2) is 36.7 Å². The fourth-order valence-electron chi connectivity index (χ4n) is 4.70. The molecule has 0 atom stereocenters. The molecule has 0 radical (unpaired) electrons. The minimum Gasteiger partial charge on any atom is -0.423 e. The number of hydrogen-bond donors (Lipinski definition) is 0. The molecule has 1 aliphatic carbocycles. The van der Waals surface area contributed by atoms with E-state index in [0.717, 1.165) is 36.7 Å². The molecule has 0 N–H and O–H groups in total. The van der Waals surface area contributed by atoms with Gasteiger partial charge in [0.1, 0.15) is 0 Å². The number of esters is 1. The number of benzene rings is 1. The highest BCUT2D eigenvalue weighted by atomic mass is 16.5. The fourth-order valence-corrected chi connectivity index (χ4v) is 4.70. The average molecular weight is 437 g/mol. The SMILES string of the molecule is CCCCCC1CCC(CCc2ccc(-c3ncc(OC(=O)CCCC)cn3)cc2)CC1. The van der Waals surface area contributed by atoms with Crippen molar-refractivity contribution in [3.8, 4) is 17.1 Å². The lowest BCUT2D eigenvalue weighted by atomic mass is 9.78. The molecule has 0 amide bonds. The van der Waals surface area contributed by atoms with Crippen molar-refractivity contribution in [3.63, 3.8) is 0 Å². The number of nitrogens with zero attached hydrogens (tertiary/aromatic N) is 2. The van der Waals surface area contributed by atoms with E-state index in [1.165, 1.54) is 63.4 Å². The van der Waals surface area contributed by atoms with E-state index in [2.05, 4.69) is 48.1 Å². The second-order valence-corrected chi connectivity index (χ2v) is 9.44. The maximum Gasteiger partial charge on any atom is 0.311 e. The standard InChI is InChI=1S/C28H40N2O2/c1-3-5-7-8-22-10-12-23(13-11-22)14-15-24-16-18-25(19-17-24)28-29-20-26(21-30-28)32-27(31)9-6-4-2/h16-23H,3-15H2,1-2H3. The van der Waals surface area contributed by atoms with Gasteiger partial charge in [0, 0.05) is 12.0 Å². The molecule has 3 rings (SSSR count). The smallest absolute Gasteiger partial charge is 0.311 e. The van der Waals surface area contributed by atoms with Crippen molar-refractivity contribution >= 4 is 5.97 Å². The fraction of sp³-hybridized carbons (Fsp3) is 0.607. The molecule has 4 nitrogen and oxygen atoms in total. The van der Waals surface area contributed by atoms with E-state index in [9.17, 15) is 4.79 Å². The second kappa shape index (κ2) is 13.3. The Labute approximate surface area is 194 Å². The van der Waals surface area contributed by atoms with Crippen LogP contribution in [-0.2, 0) is 11.2 Å². The molecule has 0 unspecified atom stereocenters. The highest BCUT2D eigenvalue weighted by molar-refractivity contribution is 5.72. The number of aromatic nitrogens is 2. The normalized spacial score (nSPS) is 18.4. The third kappa shape index (κ3) is 8.03. The zero-order valence-electron chi connectivity index (χ0n) is 20.0. The Morgan fingerprint density at radius 2 is 1.50 bits per heavy atom. The van der Waals surface area contributed by atoms with Gasteiger partial charge in [-0.3, -0.25) is 4.79 Å². The number of hydrogen-bond acceptors (Lipinski definition) is 4. The lowest BCUT2D eigenvalue weighted by Gasteiger charge is -2.28. The monoisotopic (exact) mass is 436 g/mol. The zero-order valence-corrected chi connectivity index (χ0v) is 20.0. The maximum absolute atomic E-state index is 11.7. The summed E-state index contributed by atoms with van der Waals surface area (Å²) in [5.41, 5.74) is 2.38. The van der Waals surface area contributed by atoms with Gasteiger partial charge in [-0.1, -0.05) is 95.9 Å². The molecule has 0 bridgehead atoms. The largest absolute Gasteiger partial charge is 0.423 e. The van der Waals surface area contributed by atoms with Crippen molar-refractivity contribution in [2.45, 2.75) is 97.3 Å². The van der Waals surface area contributed by atoms with Gasteiger partial charge in [0.25, 0.3) is 0 Å². The molecule has 1 heterocycles. The van der Waals surface area contributed by atoms with Crippen molar-refractivity contribution < 1.29 is 9.53 Å². The summed E-state index contributed by atoms with van der Waals surface area (Å²) in [4.78, 5) is 20.5. The van der Waals surface area contributed by atoms with Gasteiger partial charge in [-0.2, -0.15) is 0 Å². The van der Waals surface area contributed by atoms with Crippen LogP contribution in [0.5, 0.6) is 5.75 Å². The number of carbonyl (C=O) groups is 1. The van der Waals surface area contributed by atoms with Crippen molar-refractivity contribution in [2.24, 2.45) is 11.8 Å². The molecule has 2 aromatic rings. The van der Waals surface area contributed by atoms with Crippen molar-refractivity contribution in [1.82, 2.24) is 9.97 Å². The highest BCUT2D eigenvalue weighted by Gasteiger charge is 2.20. The number of rotatable bonds is 12. The molecule has 0 saturated heterocycles. The summed E-state index contributed by atoms with van der Waals surface area (Å²) in [5.74, 6) is 2.73. The molecule has 4 heteroatoms. The average Bonchev–Trinajstić information content (AvgIpc) is 2.83. The highest BCUT2D eigenvalue weighted by Crippen LogP contribution is 2.34. The van der Waals surface area contributed by atoms with Gasteiger partial charge in [-0.05, 0) is 36.7 Å². The number of aryl methyl sites for hydroxylation is 1. The first-order valence-electron chi connectivity index (χ1n) is 12.8. The van der Waals surface area contributed by atoms with Crippen LogP contribution in [-0.4, -0.2) is 15.9 Å². The lowest BCUT2D eigenvalue weighted by molar-refractivity contribution is -0.134. The van der Waals surface area contributed by atoms with Gasteiger partial charge in [0.2, 0.25) is 0 Å². The minimum atomic E-state index is -0.225. The first-order chi connectivity index (χ1) is 15.7. The van der Waals surface area contributed by atoms with Crippen molar-refractivity contribution in [2.75, 3.05) is 0 Å². The summed E-state index contributed by atoms with van der Waals surface area (Å²) in [6, 6.07) is 8.60. The third-order valence-electron chi connectivity index (χ3n) is 6.83. The first kappa shape index (κ1) is 24.4. The molecule has 32 heavy (non-hydrogen) atoms. The van der Waals surface area contributed by atoms with E-state index < -0.39 is 0 Å². The van der Waals surface area contributed by atoms with Crippen molar-refractivity contribution in [1.29, 1.82) is 0 Å². The molecule has 1 aliphatic rings. The predicted molar refractivity (Wildman–Crippen MR) is 131 cm³/mol. The Kier molecular flexibility index (Phi) is 10.2. The van der Waals surface area contributed by atoms with Crippen LogP contribution in [0.4, 0.5) is 0 Å². The zero-order chi connectivity index (χ0) is 22.6. The van der Waals surface area contributed by atoms with Gasteiger partial charge in [-0.15, -0.1) is 0 Å². The second-order valence-electron chi connectivity index (χ2n) is 9.44. The Balaban J connectivity index is 1.42. The van der Waals surface area contributed by atoms with Gasteiger partial charge in [0.05, 0.1) is 12.4 Å². The molecule has 1 aromatic carbocycles. The molecule has 1 fully saturated rings. The van der Waals surface area contributed by atoms with Gasteiger partial charge in [0.15, 0.2) is 11.6 Å². The molecule has 174 valence electrons. The summed E-state index contributed by atoms with van der Waals surface area (Å²) >= 11 is 0. The molecule has 0 aliphatic heterocycles. The summed E-state index contributed by atoms with van der Waals surface area (Å²) in [5, 5.41) is 0. The van der Waals surface area contributed by atoms with E-state index in [0.29, 0.717) is 18.0 Å². The molecular weight excluding hydrogens is 396 g/mol. The number of unbranched alkanes of at least 4 members (excludes halogenated alkanes) is 3. The number of carbonyl (C=O) groups excluding carboxylic acids is 1. The van der Waals surface area contributed by atoms with E-state index in [-0.39, 0.29) is 5.97 Å². The quantitative estimate of drug-likeness (QED) is 0.254. The third-order valence-corrected chi connectivity index (χ3v) is 6.83. The van der Waals surface area contributed by atoms with E-state index >= 15 is 0 Å². The van der Waals surface area contributed by atoms with E-state index in [1.807, 2.05) is 0 Å². The first-order valence-corrected chi connectivity index (χ1v) is 12.8. The Hall–Kier alpha value is -2.23. The molecule has 1 aromatic heterocycles. The topological polar surface area (TPSA) is 52.1 Å². The summed E-state index contributed by atoms with van der Waals surface area (Å²) in [7, 11) is 0. The van der Waals surface area contributed by atoms with Gasteiger partial charge >= 0.3 is 5.97 Å². The van der Waals surface area contributed by atoms with Crippen LogP contribution in [0.2, 0.25) is 0 Å². The van der Waals surface area contributed by atoms with Crippen molar-refractivity contribution in [3.05, 3.63) is 42.2 Å². The molecule has 0 spiro atoms. The van der Waals surface area contributed by atoms with Crippen LogP contribution >= 0.6 is 0 Å². The summed E-state index contributed by atoms with van der Waals surface area (Å²) in [6.45, 7) is 4.34. The van der Waals surface area contributed by atoms with Crippen LogP contribution in [0.3, 0.4) is 0 Å². The lowest BCUT2D eigenvalue weighted by Crippen LogP contribution is -2.15. The number of ether oxygens (including phenoxy) is 1. The van der Waals surface area contributed by atoms with Crippen LogP contribution < -0.4 is 4.74 Å². The van der Waals surface area contributed by atoms with Crippen LogP contribution in [0.1, 0.15) is 96.5 Å². The van der Waals surface area contributed by atoms with Crippen LogP contribution in [0, 0.1) is 11.8 Å². The van der Waals surface area contributed by atoms with E-state index in [4.69, 9.17) is 4.74 Å². The maximum atomic E-state index is 11.7. The minimum absolute atomic E-state index is 0.225. The molecular formula is C28H40N2O2. The predicted octanol–water partition coefficient (Wildman–Crippen LogP) is 7.56. The Morgan fingerprint density at radius 3 is 2.12 bits per heavy atom.